The summed E-state index contributed by atoms with van der Waals surface area (Å²) in [7, 11) is -1.45. The Hall–Kier alpha value is 0.647. The van der Waals surface area contributed by atoms with Crippen LogP contribution in [0.1, 0.15) is 46.0 Å². The van der Waals surface area contributed by atoms with Gasteiger partial charge in [0.25, 0.3) is 0 Å². The predicted molar refractivity (Wildman–Crippen MR) is 84.8 cm³/mol. The molecule has 1 atom stereocenters. The van der Waals surface area contributed by atoms with Crippen molar-refractivity contribution < 1.29 is 4.43 Å². The van der Waals surface area contributed by atoms with Crippen LogP contribution < -0.4 is 0 Å². The molecular formula is C13H27IOSi. The van der Waals surface area contributed by atoms with Crippen molar-refractivity contribution >= 4 is 30.9 Å². The fraction of sp³-hybridized carbons (Fsp3) is 0.846. The minimum absolute atomic E-state index is 0.0423. The van der Waals surface area contributed by atoms with E-state index in [0.29, 0.717) is 0 Å². The van der Waals surface area contributed by atoms with Crippen LogP contribution in [0.25, 0.3) is 0 Å². The first kappa shape index (κ1) is 16.6. The predicted octanol–water partition coefficient (Wildman–Crippen LogP) is 5.52. The van der Waals surface area contributed by atoms with E-state index in [0.717, 1.165) is 6.42 Å². The second-order valence-corrected chi connectivity index (χ2v) is 10.8. The lowest BCUT2D eigenvalue weighted by molar-refractivity contribution is 0.119. The molecule has 0 radical (unpaired) electrons. The lowest BCUT2D eigenvalue weighted by Gasteiger charge is -2.34. The maximum Gasteiger partial charge on any atom is 0.184 e. The van der Waals surface area contributed by atoms with Gasteiger partial charge in [0, 0.05) is 0 Å². The van der Waals surface area contributed by atoms with E-state index in [1.54, 1.807) is 0 Å². The second kappa shape index (κ2) is 7.87. The molecule has 96 valence electrons. The fourth-order valence-electron chi connectivity index (χ4n) is 1.90. The third-order valence-electron chi connectivity index (χ3n) is 2.48. The van der Waals surface area contributed by atoms with Gasteiger partial charge in [-0.1, -0.05) is 55.2 Å². The van der Waals surface area contributed by atoms with Gasteiger partial charge in [-0.05, 0) is 43.1 Å². The van der Waals surface area contributed by atoms with Crippen molar-refractivity contribution in [1.29, 1.82) is 0 Å². The molecule has 0 spiro atoms. The largest absolute Gasteiger partial charge is 0.409 e. The Morgan fingerprint density at radius 3 is 2.25 bits per heavy atom. The molecule has 0 aliphatic heterocycles. The highest BCUT2D eigenvalue weighted by atomic mass is 127. The molecule has 0 fully saturated rings. The summed E-state index contributed by atoms with van der Waals surface area (Å²) in [6, 6.07) is 0. The normalized spacial score (nSPS) is 16.6. The van der Waals surface area contributed by atoms with Crippen LogP contribution in [0, 0.1) is 0 Å². The van der Waals surface area contributed by atoms with E-state index in [-0.39, 0.29) is 5.60 Å². The topological polar surface area (TPSA) is 9.23 Å². The molecule has 0 aliphatic rings. The van der Waals surface area contributed by atoms with Crippen LogP contribution in [0.2, 0.25) is 19.6 Å². The van der Waals surface area contributed by atoms with Gasteiger partial charge in [0.05, 0.1) is 5.60 Å². The number of rotatable bonds is 8. The zero-order valence-corrected chi connectivity index (χ0v) is 14.6. The summed E-state index contributed by atoms with van der Waals surface area (Å²) in [5.74, 6) is 0. The highest BCUT2D eigenvalue weighted by Crippen LogP contribution is 2.26. The van der Waals surface area contributed by atoms with E-state index < -0.39 is 8.32 Å². The third-order valence-corrected chi connectivity index (χ3v) is 3.92. The first-order valence-electron chi connectivity index (χ1n) is 6.31. The number of hydrogen-bond acceptors (Lipinski definition) is 1. The van der Waals surface area contributed by atoms with Crippen LogP contribution in [0.5, 0.6) is 0 Å². The Bertz CT molecular complexity index is 210. The van der Waals surface area contributed by atoms with Crippen LogP contribution in [0.3, 0.4) is 0 Å². The molecule has 0 bridgehead atoms. The maximum atomic E-state index is 6.29. The van der Waals surface area contributed by atoms with Gasteiger partial charge in [0.15, 0.2) is 8.32 Å². The minimum atomic E-state index is -1.45. The van der Waals surface area contributed by atoms with E-state index in [1.807, 2.05) is 0 Å². The summed E-state index contributed by atoms with van der Waals surface area (Å²) in [4.78, 5) is 0. The standard InChI is InChI=1S/C13H27IOSi/c1-6-7-8-9-10-13(2,11-12-14)15-16(3,4)5/h11-12H,6-10H2,1-5H3/b12-11+. The summed E-state index contributed by atoms with van der Waals surface area (Å²) in [5, 5.41) is 0. The molecule has 1 nitrogen and oxygen atoms in total. The van der Waals surface area contributed by atoms with Crippen molar-refractivity contribution in [3.63, 3.8) is 0 Å². The highest BCUT2D eigenvalue weighted by molar-refractivity contribution is 14.1. The fourth-order valence-corrected chi connectivity index (χ4v) is 4.23. The Labute approximate surface area is 116 Å². The average Bonchev–Trinajstić information content (AvgIpc) is 2.10. The molecule has 0 aromatic carbocycles. The Balaban J connectivity index is 4.23. The molecule has 0 N–H and O–H groups in total. The van der Waals surface area contributed by atoms with Crippen molar-refractivity contribution in [2.75, 3.05) is 0 Å². The van der Waals surface area contributed by atoms with Gasteiger partial charge < -0.3 is 4.43 Å². The van der Waals surface area contributed by atoms with Crippen molar-refractivity contribution in [3.8, 4) is 0 Å². The molecule has 0 aromatic rings. The van der Waals surface area contributed by atoms with Gasteiger partial charge in [-0.3, -0.25) is 0 Å². The van der Waals surface area contributed by atoms with Crippen LogP contribution in [-0.2, 0) is 4.43 Å². The van der Waals surface area contributed by atoms with Crippen molar-refractivity contribution in [3.05, 3.63) is 10.2 Å². The molecule has 3 heteroatoms. The summed E-state index contributed by atoms with van der Waals surface area (Å²) in [6.45, 7) is 11.3. The van der Waals surface area contributed by atoms with Crippen molar-refractivity contribution in [2.24, 2.45) is 0 Å². The molecule has 1 unspecified atom stereocenters. The highest BCUT2D eigenvalue weighted by Gasteiger charge is 2.28. The van der Waals surface area contributed by atoms with Crippen LogP contribution in [0.15, 0.2) is 10.2 Å². The Morgan fingerprint density at radius 2 is 1.81 bits per heavy atom. The Kier molecular flexibility index (Phi) is 8.19. The van der Waals surface area contributed by atoms with E-state index in [4.69, 9.17) is 4.43 Å². The smallest absolute Gasteiger partial charge is 0.184 e. The molecule has 0 amide bonds. The van der Waals surface area contributed by atoms with Gasteiger partial charge in [-0.15, -0.1) is 0 Å². The van der Waals surface area contributed by atoms with E-state index in [1.165, 1.54) is 25.7 Å². The van der Waals surface area contributed by atoms with Gasteiger partial charge in [-0.2, -0.15) is 0 Å². The van der Waals surface area contributed by atoms with Crippen LogP contribution in [-0.4, -0.2) is 13.9 Å². The molecule has 0 heterocycles. The molecule has 16 heavy (non-hydrogen) atoms. The lowest BCUT2D eigenvalue weighted by Crippen LogP contribution is -2.39. The Morgan fingerprint density at radius 1 is 1.19 bits per heavy atom. The van der Waals surface area contributed by atoms with Gasteiger partial charge >= 0.3 is 0 Å². The number of hydrogen-bond donors (Lipinski definition) is 0. The first-order valence-corrected chi connectivity index (χ1v) is 11.0. The van der Waals surface area contributed by atoms with E-state index >= 15 is 0 Å². The second-order valence-electron chi connectivity index (χ2n) is 5.63. The van der Waals surface area contributed by atoms with E-state index in [2.05, 4.69) is 66.2 Å². The summed E-state index contributed by atoms with van der Waals surface area (Å²) in [6.07, 6.45) is 8.62. The number of halogens is 1. The zero-order chi connectivity index (χ0) is 12.7. The lowest BCUT2D eigenvalue weighted by atomic mass is 9.98. The van der Waals surface area contributed by atoms with Gasteiger partial charge in [-0.25, -0.2) is 0 Å². The molecule has 0 aromatic heterocycles. The van der Waals surface area contributed by atoms with Crippen LogP contribution >= 0.6 is 22.6 Å². The van der Waals surface area contributed by atoms with Crippen molar-refractivity contribution in [2.45, 2.75) is 71.2 Å². The summed E-state index contributed by atoms with van der Waals surface area (Å²) < 4.78 is 8.39. The van der Waals surface area contributed by atoms with Crippen molar-refractivity contribution in [1.82, 2.24) is 0 Å². The monoisotopic (exact) mass is 354 g/mol. The van der Waals surface area contributed by atoms with Gasteiger partial charge in [0.2, 0.25) is 0 Å². The third kappa shape index (κ3) is 8.76. The quantitative estimate of drug-likeness (QED) is 0.317. The number of unbranched alkanes of at least 4 members (excludes halogenated alkanes) is 3. The maximum absolute atomic E-state index is 6.29. The van der Waals surface area contributed by atoms with Gasteiger partial charge in [0.1, 0.15) is 0 Å². The molecule has 0 saturated carbocycles. The molecule has 0 rings (SSSR count). The van der Waals surface area contributed by atoms with E-state index in [9.17, 15) is 0 Å². The molecule has 0 aliphatic carbocycles. The summed E-state index contributed by atoms with van der Waals surface area (Å²) >= 11 is 2.29. The average molecular weight is 354 g/mol. The SMILES string of the molecule is CCCCCCC(C)(/C=C/I)O[Si](C)(C)C. The first-order chi connectivity index (χ1) is 7.33. The zero-order valence-electron chi connectivity index (χ0n) is 11.5. The van der Waals surface area contributed by atoms with Crippen LogP contribution in [0.4, 0.5) is 0 Å². The summed E-state index contributed by atoms with van der Waals surface area (Å²) in [5.41, 5.74) is -0.0423. The minimum Gasteiger partial charge on any atom is -0.409 e. The molecule has 0 saturated heterocycles. The molecular weight excluding hydrogens is 327 g/mol.